The van der Waals surface area contributed by atoms with Gasteiger partial charge in [-0.15, -0.1) is 0 Å². The first kappa shape index (κ1) is 16.4. The summed E-state index contributed by atoms with van der Waals surface area (Å²) in [7, 11) is 0. The van der Waals surface area contributed by atoms with Gasteiger partial charge in [0.1, 0.15) is 5.60 Å². The summed E-state index contributed by atoms with van der Waals surface area (Å²) in [6.45, 7) is 2.67. The molecule has 2 aromatic carbocycles. The predicted octanol–water partition coefficient (Wildman–Crippen LogP) is 4.35. The highest BCUT2D eigenvalue weighted by Gasteiger charge is 2.57. The third-order valence-electron chi connectivity index (χ3n) is 5.34. The van der Waals surface area contributed by atoms with Gasteiger partial charge >= 0.3 is 0 Å². The minimum Gasteiger partial charge on any atom is -0.502 e. The van der Waals surface area contributed by atoms with Crippen molar-refractivity contribution in [2.45, 2.75) is 43.6 Å². The lowest BCUT2D eigenvalue weighted by atomic mass is 9.94. The smallest absolute Gasteiger partial charge is 0.173 e. The average Bonchev–Trinajstić information content (AvgIpc) is 3.19. The van der Waals surface area contributed by atoms with Crippen LogP contribution in [-0.2, 0) is 15.2 Å². The van der Waals surface area contributed by atoms with Gasteiger partial charge in [-0.2, -0.15) is 0 Å². The zero-order valence-electron chi connectivity index (χ0n) is 14.7. The first-order valence-electron chi connectivity index (χ1n) is 9.17. The molecule has 2 aliphatic rings. The first-order valence-corrected chi connectivity index (χ1v) is 9.17. The molecule has 1 saturated heterocycles. The number of fused-ring (bicyclic) bond motifs is 1. The second kappa shape index (κ2) is 6.66. The standard InChI is InChI=1S/C22H25NO2/c1-2-24-17-16-21-15-9-14-20(21)23-22(25-21,18-10-5-3-6-11-18)19-12-7-4-8-13-19/h3-8,10-13,16-17,20,23H,2,9,14-15H2,1H3/b17-16-/t20?,21-/m0/s1. The van der Waals surface area contributed by atoms with Crippen LogP contribution in [0.5, 0.6) is 0 Å². The van der Waals surface area contributed by atoms with Crippen molar-refractivity contribution in [1.82, 2.24) is 5.32 Å². The molecule has 3 heteroatoms. The van der Waals surface area contributed by atoms with Crippen LogP contribution in [0, 0.1) is 0 Å². The van der Waals surface area contributed by atoms with Crippen molar-refractivity contribution < 1.29 is 9.47 Å². The number of ether oxygens (including phenoxy) is 2. The highest BCUT2D eigenvalue weighted by atomic mass is 16.6. The van der Waals surface area contributed by atoms with E-state index in [1.165, 1.54) is 0 Å². The van der Waals surface area contributed by atoms with Gasteiger partial charge in [-0.05, 0) is 32.3 Å². The number of nitrogens with one attached hydrogen (secondary N) is 1. The maximum atomic E-state index is 6.90. The molecule has 130 valence electrons. The van der Waals surface area contributed by atoms with Crippen LogP contribution in [0.1, 0.15) is 37.3 Å². The predicted molar refractivity (Wildman–Crippen MR) is 99.0 cm³/mol. The summed E-state index contributed by atoms with van der Waals surface area (Å²) < 4.78 is 12.4. The maximum Gasteiger partial charge on any atom is 0.173 e. The molecule has 0 radical (unpaired) electrons. The molecule has 4 rings (SSSR count). The molecule has 0 aromatic heterocycles. The third-order valence-corrected chi connectivity index (χ3v) is 5.34. The van der Waals surface area contributed by atoms with Gasteiger partial charge in [0, 0.05) is 17.2 Å². The number of rotatable bonds is 5. The second-order valence-corrected chi connectivity index (χ2v) is 6.82. The van der Waals surface area contributed by atoms with E-state index in [1.807, 2.05) is 25.3 Å². The quantitative estimate of drug-likeness (QED) is 0.824. The molecule has 0 bridgehead atoms. The molecular weight excluding hydrogens is 310 g/mol. The molecule has 1 heterocycles. The zero-order valence-corrected chi connectivity index (χ0v) is 14.7. The molecule has 3 nitrogen and oxygen atoms in total. The molecular formula is C22H25NO2. The van der Waals surface area contributed by atoms with E-state index in [1.54, 1.807) is 0 Å². The van der Waals surface area contributed by atoms with E-state index in [4.69, 9.17) is 9.47 Å². The Morgan fingerprint density at radius 3 is 2.32 bits per heavy atom. The molecule has 2 aromatic rings. The van der Waals surface area contributed by atoms with Crippen molar-refractivity contribution in [2.24, 2.45) is 0 Å². The van der Waals surface area contributed by atoms with Crippen LogP contribution in [0.25, 0.3) is 0 Å². The maximum absolute atomic E-state index is 6.90. The van der Waals surface area contributed by atoms with Gasteiger partial charge in [-0.1, -0.05) is 60.7 Å². The minimum atomic E-state index is -0.621. The van der Waals surface area contributed by atoms with Crippen molar-refractivity contribution in [1.29, 1.82) is 0 Å². The third kappa shape index (κ3) is 2.78. The van der Waals surface area contributed by atoms with Gasteiger partial charge in [0.15, 0.2) is 5.72 Å². The van der Waals surface area contributed by atoms with E-state index in [9.17, 15) is 0 Å². The monoisotopic (exact) mass is 335 g/mol. The Kier molecular flexibility index (Phi) is 4.36. The number of hydrogen-bond donors (Lipinski definition) is 1. The summed E-state index contributed by atoms with van der Waals surface area (Å²) in [4.78, 5) is 0. The van der Waals surface area contributed by atoms with Crippen LogP contribution >= 0.6 is 0 Å². The topological polar surface area (TPSA) is 30.5 Å². The molecule has 0 spiro atoms. The summed E-state index contributed by atoms with van der Waals surface area (Å²) in [5, 5.41) is 3.84. The highest BCUT2D eigenvalue weighted by molar-refractivity contribution is 5.39. The first-order chi connectivity index (χ1) is 12.3. The van der Waals surface area contributed by atoms with Gasteiger partial charge in [0.25, 0.3) is 0 Å². The lowest BCUT2D eigenvalue weighted by molar-refractivity contribution is -0.0667. The Bertz CT molecular complexity index is 689. The molecule has 1 unspecified atom stereocenters. The zero-order chi connectivity index (χ0) is 17.2. The van der Waals surface area contributed by atoms with Gasteiger partial charge in [0.05, 0.1) is 12.9 Å². The van der Waals surface area contributed by atoms with E-state index in [-0.39, 0.29) is 11.6 Å². The van der Waals surface area contributed by atoms with Crippen LogP contribution in [0.2, 0.25) is 0 Å². The van der Waals surface area contributed by atoms with E-state index < -0.39 is 5.72 Å². The second-order valence-electron chi connectivity index (χ2n) is 6.82. The van der Waals surface area contributed by atoms with E-state index in [2.05, 4.69) is 59.9 Å². The largest absolute Gasteiger partial charge is 0.502 e. The lowest BCUT2D eigenvalue weighted by Gasteiger charge is -2.33. The highest BCUT2D eigenvalue weighted by Crippen LogP contribution is 2.49. The van der Waals surface area contributed by atoms with E-state index >= 15 is 0 Å². The molecule has 1 aliphatic heterocycles. The molecule has 0 amide bonds. The molecule has 1 saturated carbocycles. The Morgan fingerprint density at radius 2 is 1.72 bits per heavy atom. The molecule has 1 aliphatic carbocycles. The van der Waals surface area contributed by atoms with Crippen LogP contribution in [0.15, 0.2) is 73.0 Å². The summed E-state index contributed by atoms with van der Waals surface area (Å²) >= 11 is 0. The van der Waals surface area contributed by atoms with Crippen molar-refractivity contribution in [2.75, 3.05) is 6.61 Å². The Morgan fingerprint density at radius 1 is 1.08 bits per heavy atom. The summed E-state index contributed by atoms with van der Waals surface area (Å²) in [5.41, 5.74) is 1.34. The van der Waals surface area contributed by atoms with Crippen molar-refractivity contribution >= 4 is 0 Å². The Labute approximate surface area is 149 Å². The molecule has 2 atom stereocenters. The van der Waals surface area contributed by atoms with E-state index in [0.717, 1.165) is 30.4 Å². The number of benzene rings is 2. The SMILES string of the molecule is CCO/C=C\[C@@]12CCCC1NC(c1ccccc1)(c1ccccc1)O2. The molecule has 25 heavy (non-hydrogen) atoms. The fourth-order valence-corrected chi connectivity index (χ4v) is 4.17. The molecule has 2 fully saturated rings. The average molecular weight is 335 g/mol. The van der Waals surface area contributed by atoms with Crippen molar-refractivity contribution in [3.8, 4) is 0 Å². The van der Waals surface area contributed by atoms with E-state index in [0.29, 0.717) is 6.61 Å². The fraction of sp³-hybridized carbons (Fsp3) is 0.364. The van der Waals surface area contributed by atoms with Crippen LogP contribution < -0.4 is 5.32 Å². The van der Waals surface area contributed by atoms with Crippen LogP contribution in [-0.4, -0.2) is 18.2 Å². The molecule has 1 N–H and O–H groups in total. The normalized spacial score (nSPS) is 27.5. The number of hydrogen-bond acceptors (Lipinski definition) is 3. The van der Waals surface area contributed by atoms with Crippen LogP contribution in [0.3, 0.4) is 0 Å². The van der Waals surface area contributed by atoms with Gasteiger partial charge in [0.2, 0.25) is 0 Å². The van der Waals surface area contributed by atoms with Crippen LogP contribution in [0.4, 0.5) is 0 Å². The summed E-state index contributed by atoms with van der Waals surface area (Å²) in [6.07, 6.45) is 7.21. The van der Waals surface area contributed by atoms with Gasteiger partial charge in [-0.25, -0.2) is 0 Å². The minimum absolute atomic E-state index is 0.282. The van der Waals surface area contributed by atoms with Crippen molar-refractivity contribution in [3.63, 3.8) is 0 Å². The Hall–Kier alpha value is -2.10. The summed E-state index contributed by atoms with van der Waals surface area (Å²) in [6, 6.07) is 21.2. The summed E-state index contributed by atoms with van der Waals surface area (Å²) in [5.74, 6) is 0. The van der Waals surface area contributed by atoms with Gasteiger partial charge < -0.3 is 9.47 Å². The Balaban J connectivity index is 1.79. The van der Waals surface area contributed by atoms with Crippen molar-refractivity contribution in [3.05, 3.63) is 84.1 Å². The van der Waals surface area contributed by atoms with Gasteiger partial charge in [-0.3, -0.25) is 5.32 Å². The fourth-order valence-electron chi connectivity index (χ4n) is 4.17. The lowest BCUT2D eigenvalue weighted by Crippen LogP contribution is -2.42.